The van der Waals surface area contributed by atoms with Gasteiger partial charge in [0, 0.05) is 43.0 Å². The highest BCUT2D eigenvalue weighted by Gasteiger charge is 2.29. The molecule has 4 rings (SSSR count). The maximum Gasteiger partial charge on any atom is 0.253 e. The molecular weight excluding hydrogens is 348 g/mol. The van der Waals surface area contributed by atoms with Crippen molar-refractivity contribution in [3.05, 3.63) is 45.9 Å². The van der Waals surface area contributed by atoms with Crippen molar-refractivity contribution in [1.82, 2.24) is 8.87 Å². The van der Waals surface area contributed by atoms with Gasteiger partial charge in [0.25, 0.3) is 5.56 Å². The molecule has 1 unspecified atom stereocenters. The predicted molar refractivity (Wildman–Crippen MR) is 103 cm³/mol. The van der Waals surface area contributed by atoms with E-state index in [2.05, 4.69) is 0 Å². The van der Waals surface area contributed by atoms with E-state index in [0.717, 1.165) is 40.5 Å². The number of fused-ring (bicyclic) bond motifs is 1. The number of nitrogens with zero attached hydrogens (tertiary/aromatic N) is 2. The zero-order valence-electron chi connectivity index (χ0n) is 15.4. The third kappa shape index (κ3) is 3.12. The molecule has 0 amide bonds. The second kappa shape index (κ2) is 6.67. The van der Waals surface area contributed by atoms with Gasteiger partial charge in [-0.05, 0) is 49.4 Å². The van der Waals surface area contributed by atoms with Crippen molar-refractivity contribution in [3.63, 3.8) is 0 Å². The summed E-state index contributed by atoms with van der Waals surface area (Å²) < 4.78 is 22.4. The Bertz CT molecular complexity index is 921. The lowest BCUT2D eigenvalue weighted by Gasteiger charge is -2.14. The summed E-state index contributed by atoms with van der Waals surface area (Å²) in [5.74, 6) is 1.47. The minimum Gasteiger partial charge on any atom is -0.493 e. The maximum absolute atomic E-state index is 12.7. The van der Waals surface area contributed by atoms with Crippen molar-refractivity contribution in [2.45, 2.75) is 38.1 Å². The molecule has 2 aliphatic rings. The van der Waals surface area contributed by atoms with E-state index in [1.165, 1.54) is 12.8 Å². The normalized spacial score (nSPS) is 19.6. The number of aromatic nitrogens is 1. The Morgan fingerprint density at radius 2 is 2.04 bits per heavy atom. The van der Waals surface area contributed by atoms with Gasteiger partial charge in [0.2, 0.25) is 0 Å². The van der Waals surface area contributed by atoms with Gasteiger partial charge in [0.1, 0.15) is 16.7 Å². The molecule has 0 radical (unpaired) electrons. The van der Waals surface area contributed by atoms with Gasteiger partial charge in [-0.2, -0.15) is 0 Å². The van der Waals surface area contributed by atoms with E-state index in [1.807, 2.05) is 42.5 Å². The number of pyridine rings is 1. The van der Waals surface area contributed by atoms with E-state index < -0.39 is 11.0 Å². The first-order valence-electron chi connectivity index (χ1n) is 9.12. The molecule has 1 aliphatic heterocycles. The van der Waals surface area contributed by atoms with Gasteiger partial charge >= 0.3 is 0 Å². The zero-order chi connectivity index (χ0) is 18.4. The van der Waals surface area contributed by atoms with Crippen molar-refractivity contribution in [1.29, 1.82) is 0 Å². The SMILES string of the molecule is CCN1Cc2cc(OCC3CC3)c(-c3cc(C)c(=O)n(C)c3)cc2S1=O. The monoisotopic (exact) mass is 372 g/mol. The minimum atomic E-state index is -1.13. The number of hydrogen-bond acceptors (Lipinski definition) is 3. The van der Waals surface area contributed by atoms with Gasteiger partial charge < -0.3 is 9.30 Å². The second-order valence-electron chi connectivity index (χ2n) is 7.24. The van der Waals surface area contributed by atoms with Gasteiger partial charge in [-0.1, -0.05) is 6.92 Å². The maximum atomic E-state index is 12.7. The van der Waals surface area contributed by atoms with Crippen LogP contribution in [0.25, 0.3) is 11.1 Å². The smallest absolute Gasteiger partial charge is 0.253 e. The molecular formula is C20H24N2O3S. The largest absolute Gasteiger partial charge is 0.493 e. The first-order chi connectivity index (χ1) is 12.5. The molecule has 2 aromatic rings. The molecule has 5 nitrogen and oxygen atoms in total. The molecule has 0 spiro atoms. The molecule has 1 fully saturated rings. The lowest BCUT2D eigenvalue weighted by atomic mass is 10.0. The van der Waals surface area contributed by atoms with Crippen molar-refractivity contribution in [2.75, 3.05) is 13.2 Å². The van der Waals surface area contributed by atoms with E-state index in [0.29, 0.717) is 18.0 Å². The number of hydrogen-bond donors (Lipinski definition) is 0. The molecule has 1 atom stereocenters. The summed E-state index contributed by atoms with van der Waals surface area (Å²) in [4.78, 5) is 12.9. The Kier molecular flexibility index (Phi) is 4.49. The van der Waals surface area contributed by atoms with Crippen LogP contribution in [0.5, 0.6) is 5.75 Å². The fourth-order valence-electron chi connectivity index (χ4n) is 3.37. The highest BCUT2D eigenvalue weighted by molar-refractivity contribution is 7.83. The Balaban J connectivity index is 1.82. The summed E-state index contributed by atoms with van der Waals surface area (Å²) in [5, 5.41) is 0. The van der Waals surface area contributed by atoms with E-state index in [4.69, 9.17) is 4.74 Å². The first-order valence-corrected chi connectivity index (χ1v) is 10.2. The Morgan fingerprint density at radius 3 is 2.69 bits per heavy atom. The first kappa shape index (κ1) is 17.5. The quantitative estimate of drug-likeness (QED) is 0.811. The summed E-state index contributed by atoms with van der Waals surface area (Å²) in [5.41, 5.74) is 3.59. The van der Waals surface area contributed by atoms with Gasteiger partial charge in [-0.25, -0.2) is 8.51 Å². The Hall–Kier alpha value is -1.92. The third-order valence-corrected chi connectivity index (χ3v) is 6.74. The Morgan fingerprint density at radius 1 is 1.27 bits per heavy atom. The molecule has 1 aliphatic carbocycles. The van der Waals surface area contributed by atoms with Crippen LogP contribution in [-0.4, -0.2) is 26.2 Å². The van der Waals surface area contributed by atoms with Crippen LogP contribution in [0.4, 0.5) is 0 Å². The van der Waals surface area contributed by atoms with Crippen LogP contribution in [0.15, 0.2) is 34.1 Å². The van der Waals surface area contributed by atoms with Crippen LogP contribution in [-0.2, 0) is 24.6 Å². The van der Waals surface area contributed by atoms with Crippen LogP contribution in [0, 0.1) is 12.8 Å². The highest BCUT2D eigenvalue weighted by atomic mass is 32.2. The van der Waals surface area contributed by atoms with Gasteiger partial charge in [0.15, 0.2) is 0 Å². The molecule has 1 saturated carbocycles. The van der Waals surface area contributed by atoms with E-state index >= 15 is 0 Å². The summed E-state index contributed by atoms with van der Waals surface area (Å²) in [6.45, 7) is 5.99. The molecule has 0 N–H and O–H groups in total. The summed E-state index contributed by atoms with van der Waals surface area (Å²) in [6.07, 6.45) is 4.29. The molecule has 6 heteroatoms. The standard InChI is InChI=1S/C20H24N2O3S/c1-4-22-11-16-8-18(25-12-14-5-6-14)17(9-19(16)26(22)24)15-7-13(2)20(23)21(3)10-15/h7-10,14H,4-6,11-12H2,1-3H3. The van der Waals surface area contributed by atoms with E-state index in [1.54, 1.807) is 11.6 Å². The van der Waals surface area contributed by atoms with Crippen LogP contribution in [0.2, 0.25) is 0 Å². The number of ether oxygens (including phenoxy) is 1. The second-order valence-corrected chi connectivity index (χ2v) is 8.70. The van der Waals surface area contributed by atoms with Gasteiger partial charge in [-0.3, -0.25) is 4.79 Å². The highest BCUT2D eigenvalue weighted by Crippen LogP contribution is 2.39. The van der Waals surface area contributed by atoms with Crippen molar-refractivity contribution in [2.24, 2.45) is 13.0 Å². The van der Waals surface area contributed by atoms with Crippen LogP contribution >= 0.6 is 0 Å². The van der Waals surface area contributed by atoms with Crippen molar-refractivity contribution < 1.29 is 8.95 Å². The van der Waals surface area contributed by atoms with Crippen molar-refractivity contribution in [3.8, 4) is 16.9 Å². The van der Waals surface area contributed by atoms with E-state index in [9.17, 15) is 9.00 Å². The molecule has 1 aromatic heterocycles. The van der Waals surface area contributed by atoms with Gasteiger partial charge in [-0.15, -0.1) is 0 Å². The van der Waals surface area contributed by atoms with Crippen molar-refractivity contribution >= 4 is 11.0 Å². The molecule has 2 heterocycles. The van der Waals surface area contributed by atoms with Crippen LogP contribution < -0.4 is 10.3 Å². The molecule has 0 bridgehead atoms. The minimum absolute atomic E-state index is 0.00362. The third-order valence-electron chi connectivity index (χ3n) is 5.13. The molecule has 1 aromatic carbocycles. The fraction of sp³-hybridized carbons (Fsp3) is 0.450. The van der Waals surface area contributed by atoms with Crippen LogP contribution in [0.3, 0.4) is 0 Å². The number of benzene rings is 1. The zero-order valence-corrected chi connectivity index (χ0v) is 16.3. The lowest BCUT2D eigenvalue weighted by molar-refractivity contribution is 0.300. The fourth-order valence-corrected chi connectivity index (χ4v) is 4.70. The Labute approximate surface area is 156 Å². The predicted octanol–water partition coefficient (Wildman–Crippen LogP) is 3.01. The van der Waals surface area contributed by atoms with E-state index in [-0.39, 0.29) is 5.56 Å². The average Bonchev–Trinajstić information content (AvgIpc) is 3.40. The average molecular weight is 372 g/mol. The topological polar surface area (TPSA) is 51.5 Å². The van der Waals surface area contributed by atoms with Crippen LogP contribution in [0.1, 0.15) is 30.9 Å². The van der Waals surface area contributed by atoms with Gasteiger partial charge in [0.05, 0.1) is 11.5 Å². The molecule has 0 saturated heterocycles. The summed E-state index contributed by atoms with van der Waals surface area (Å²) >= 11 is 0. The molecule has 138 valence electrons. The summed E-state index contributed by atoms with van der Waals surface area (Å²) in [6, 6.07) is 5.92. The summed E-state index contributed by atoms with van der Waals surface area (Å²) in [7, 11) is 0.624. The number of rotatable bonds is 5. The lowest BCUT2D eigenvalue weighted by Crippen LogP contribution is -2.18. The molecule has 26 heavy (non-hydrogen) atoms. The number of aryl methyl sites for hydroxylation is 2.